The van der Waals surface area contributed by atoms with Gasteiger partial charge in [0.05, 0.1) is 42.7 Å². The Morgan fingerprint density at radius 2 is 1.75 bits per heavy atom. The molecule has 4 aromatic rings. The summed E-state index contributed by atoms with van der Waals surface area (Å²) in [6, 6.07) is 28.2. The maximum Gasteiger partial charge on any atom is 0.227 e. The normalized spacial score (nSPS) is 14.8. The number of aromatic amines is 1. The minimum atomic E-state index is -0.0329. The molecule has 1 aliphatic rings. The summed E-state index contributed by atoms with van der Waals surface area (Å²) in [7, 11) is 0. The summed E-state index contributed by atoms with van der Waals surface area (Å²) in [4.78, 5) is 25.4. The Morgan fingerprint density at radius 1 is 1.03 bits per heavy atom. The molecule has 1 amide bonds. The Morgan fingerprint density at radius 3 is 2.42 bits per heavy atom. The number of aromatic nitrogens is 2. The maximum absolute atomic E-state index is 13.7. The van der Waals surface area contributed by atoms with Crippen LogP contribution in [-0.4, -0.2) is 33.4 Å². The molecule has 7 heteroatoms. The zero-order valence-corrected chi connectivity index (χ0v) is 20.7. The van der Waals surface area contributed by atoms with Crippen molar-refractivity contribution < 1.29 is 4.79 Å². The van der Waals surface area contributed by atoms with Crippen LogP contribution >= 0.6 is 12.4 Å². The zero-order valence-electron chi connectivity index (χ0n) is 19.9. The van der Waals surface area contributed by atoms with Crippen LogP contribution in [0, 0.1) is 11.3 Å². The van der Waals surface area contributed by atoms with Gasteiger partial charge in [-0.05, 0) is 41.3 Å². The smallest absolute Gasteiger partial charge is 0.227 e. The lowest BCUT2D eigenvalue weighted by Crippen LogP contribution is -2.46. The highest BCUT2D eigenvalue weighted by Crippen LogP contribution is 2.31. The molecular weight excluding hydrogens is 470 g/mol. The molecule has 0 fully saturated rings. The number of nitrogens with zero attached hydrogens (tertiary/aromatic N) is 4. The number of hydrogen-bond acceptors (Lipinski definition) is 4. The minimum absolute atomic E-state index is 0. The number of nitriles is 1. The largest absolute Gasteiger partial charge is 0.363 e. The van der Waals surface area contributed by atoms with E-state index in [0.717, 1.165) is 28.9 Å². The molecule has 0 radical (unpaired) electrons. The summed E-state index contributed by atoms with van der Waals surface area (Å²) in [6.45, 7) is 1.78. The van der Waals surface area contributed by atoms with Gasteiger partial charge >= 0.3 is 0 Å². The highest BCUT2D eigenvalue weighted by Gasteiger charge is 2.31. The molecule has 0 bridgehead atoms. The number of carbonyl (C=O) groups excluding carboxylic acids is 1. The fourth-order valence-electron chi connectivity index (χ4n) is 4.81. The third-order valence-electron chi connectivity index (χ3n) is 6.51. The first-order chi connectivity index (χ1) is 17.2. The summed E-state index contributed by atoms with van der Waals surface area (Å²) in [5, 5.41) is 9.54. The molecule has 36 heavy (non-hydrogen) atoms. The molecule has 5 rings (SSSR count). The molecule has 0 saturated carbocycles. The first-order valence-electron chi connectivity index (χ1n) is 11.8. The highest BCUT2D eigenvalue weighted by atomic mass is 35.5. The van der Waals surface area contributed by atoms with Gasteiger partial charge in [0, 0.05) is 25.0 Å². The van der Waals surface area contributed by atoms with Crippen LogP contribution in [0.2, 0.25) is 0 Å². The van der Waals surface area contributed by atoms with Crippen molar-refractivity contribution in [1.29, 1.82) is 5.26 Å². The van der Waals surface area contributed by atoms with Crippen molar-refractivity contribution in [2.75, 3.05) is 11.4 Å². The highest BCUT2D eigenvalue weighted by molar-refractivity contribution is 5.85. The van der Waals surface area contributed by atoms with Crippen LogP contribution in [0.5, 0.6) is 0 Å². The Balaban J connectivity index is 0.00000304. The molecule has 1 aliphatic heterocycles. The van der Waals surface area contributed by atoms with Gasteiger partial charge in [-0.2, -0.15) is 5.26 Å². The third kappa shape index (κ3) is 5.76. The topological polar surface area (TPSA) is 76.0 Å². The number of nitrogens with one attached hydrogen (secondary N) is 1. The van der Waals surface area contributed by atoms with E-state index in [1.54, 1.807) is 6.33 Å². The summed E-state index contributed by atoms with van der Waals surface area (Å²) >= 11 is 0. The van der Waals surface area contributed by atoms with Gasteiger partial charge in [0.1, 0.15) is 0 Å². The fraction of sp³-hybridized carbons (Fsp3) is 0.207. The summed E-state index contributed by atoms with van der Waals surface area (Å²) in [6.07, 6.45) is 4.61. The molecule has 1 aromatic heterocycles. The van der Waals surface area contributed by atoms with Gasteiger partial charge in [-0.25, -0.2) is 4.98 Å². The number of fused-ring (bicyclic) bond motifs is 1. The monoisotopic (exact) mass is 497 g/mol. The number of carbonyl (C=O) groups is 1. The minimum Gasteiger partial charge on any atom is -0.363 e. The molecule has 0 saturated heterocycles. The molecule has 0 aliphatic carbocycles. The molecule has 0 unspecified atom stereocenters. The van der Waals surface area contributed by atoms with E-state index >= 15 is 0 Å². The van der Waals surface area contributed by atoms with E-state index in [2.05, 4.69) is 33.1 Å². The first kappa shape index (κ1) is 25.0. The van der Waals surface area contributed by atoms with Crippen LogP contribution in [0.4, 0.5) is 5.69 Å². The number of rotatable bonds is 6. The Hall–Kier alpha value is -4.08. The average molecular weight is 498 g/mol. The molecule has 182 valence electrons. The molecule has 1 N–H and O–H groups in total. The van der Waals surface area contributed by atoms with Crippen LogP contribution in [0.25, 0.3) is 0 Å². The zero-order chi connectivity index (χ0) is 24.0. The fourth-order valence-corrected chi connectivity index (χ4v) is 4.81. The second-order valence-corrected chi connectivity index (χ2v) is 8.94. The van der Waals surface area contributed by atoms with Crippen molar-refractivity contribution >= 4 is 24.0 Å². The van der Waals surface area contributed by atoms with Crippen LogP contribution in [0.3, 0.4) is 0 Å². The van der Waals surface area contributed by atoms with E-state index in [1.165, 1.54) is 5.56 Å². The van der Waals surface area contributed by atoms with Crippen molar-refractivity contribution in [3.05, 3.63) is 119 Å². The van der Waals surface area contributed by atoms with Gasteiger partial charge < -0.3 is 14.8 Å². The number of hydrogen-bond donors (Lipinski definition) is 1. The summed E-state index contributed by atoms with van der Waals surface area (Å²) in [5.41, 5.74) is 5.83. The van der Waals surface area contributed by atoms with Gasteiger partial charge in [0.15, 0.2) is 0 Å². The second-order valence-electron chi connectivity index (χ2n) is 8.94. The Labute approximate surface area is 217 Å². The van der Waals surface area contributed by atoms with Gasteiger partial charge in [-0.15, -0.1) is 12.4 Å². The van der Waals surface area contributed by atoms with Crippen LogP contribution < -0.4 is 4.90 Å². The van der Waals surface area contributed by atoms with Crippen LogP contribution in [0.1, 0.15) is 27.9 Å². The van der Waals surface area contributed by atoms with E-state index < -0.39 is 0 Å². The standard InChI is InChI=1S/C29H27N5O.ClH/c30-16-24-11-12-28-25(13-24)18-34(29(35)15-23-9-5-2-6-10-23)27(14-22-7-3-1-4-8-22)20-33(28)19-26-17-31-21-32-26;/h1-13,17,21,27H,14-15,18-20H2,(H,31,32);1H/t27-;/m1./s1. The average Bonchev–Trinajstić information content (AvgIpc) is 3.35. The SMILES string of the molecule is Cl.N#Cc1ccc2c(c1)CN(C(=O)Cc1ccccc1)[C@H](Cc1ccccc1)CN2Cc1cnc[nH]1. The molecule has 2 heterocycles. The molecule has 1 atom stereocenters. The number of benzene rings is 3. The van der Waals surface area contributed by atoms with Crippen molar-refractivity contribution in [2.45, 2.75) is 32.0 Å². The number of amides is 1. The van der Waals surface area contributed by atoms with Crippen molar-refractivity contribution in [3.8, 4) is 6.07 Å². The van der Waals surface area contributed by atoms with E-state index in [9.17, 15) is 10.1 Å². The second kappa shape index (κ2) is 11.6. The molecule has 3 aromatic carbocycles. The Bertz CT molecular complexity index is 1320. The van der Waals surface area contributed by atoms with Crippen LogP contribution in [0.15, 0.2) is 91.4 Å². The number of halogens is 1. The molecular formula is C29H28ClN5O. The predicted molar refractivity (Wildman–Crippen MR) is 143 cm³/mol. The molecule has 6 nitrogen and oxygen atoms in total. The molecule has 0 spiro atoms. The van der Waals surface area contributed by atoms with Crippen molar-refractivity contribution in [3.63, 3.8) is 0 Å². The quantitative estimate of drug-likeness (QED) is 0.411. The van der Waals surface area contributed by atoms with Gasteiger partial charge in [0.25, 0.3) is 0 Å². The lowest BCUT2D eigenvalue weighted by Gasteiger charge is -2.33. The van der Waals surface area contributed by atoms with E-state index in [-0.39, 0.29) is 24.4 Å². The predicted octanol–water partition coefficient (Wildman–Crippen LogP) is 4.91. The third-order valence-corrected chi connectivity index (χ3v) is 6.51. The first-order valence-corrected chi connectivity index (χ1v) is 11.8. The lowest BCUT2D eigenvalue weighted by molar-refractivity contribution is -0.133. The summed E-state index contributed by atoms with van der Waals surface area (Å²) in [5.74, 6) is 0.0915. The van der Waals surface area contributed by atoms with Gasteiger partial charge in [-0.1, -0.05) is 60.7 Å². The van der Waals surface area contributed by atoms with Gasteiger partial charge in [-0.3, -0.25) is 4.79 Å². The van der Waals surface area contributed by atoms with E-state index in [1.807, 2.05) is 77.8 Å². The Kier molecular flexibility index (Phi) is 8.04. The van der Waals surface area contributed by atoms with Crippen molar-refractivity contribution in [1.82, 2.24) is 14.9 Å². The van der Waals surface area contributed by atoms with E-state index in [4.69, 9.17) is 0 Å². The summed E-state index contributed by atoms with van der Waals surface area (Å²) < 4.78 is 0. The number of anilines is 1. The number of H-pyrrole nitrogens is 1. The van der Waals surface area contributed by atoms with E-state index in [0.29, 0.717) is 31.6 Å². The van der Waals surface area contributed by atoms with Gasteiger partial charge in [0.2, 0.25) is 5.91 Å². The van der Waals surface area contributed by atoms with Crippen LogP contribution in [-0.2, 0) is 30.7 Å². The maximum atomic E-state index is 13.7. The van der Waals surface area contributed by atoms with Crippen molar-refractivity contribution in [2.24, 2.45) is 0 Å². The number of imidazole rings is 1. The lowest BCUT2D eigenvalue weighted by atomic mass is 10.0.